The Balaban J connectivity index is 1.98. The molecule has 2 aromatic carbocycles. The van der Waals surface area contributed by atoms with Gasteiger partial charge in [-0.1, -0.05) is 50.2 Å². The summed E-state index contributed by atoms with van der Waals surface area (Å²) in [6.07, 6.45) is 0.153. The highest BCUT2D eigenvalue weighted by Crippen LogP contribution is 2.23. The molecule has 0 bridgehead atoms. The Morgan fingerprint density at radius 3 is 2.38 bits per heavy atom. The van der Waals surface area contributed by atoms with Gasteiger partial charge in [0.2, 0.25) is 11.8 Å². The van der Waals surface area contributed by atoms with Gasteiger partial charge in [-0.15, -0.1) is 0 Å². The minimum Gasteiger partial charge on any atom is -0.338 e. The topological polar surface area (TPSA) is 49.4 Å². The van der Waals surface area contributed by atoms with Crippen LogP contribution in [0.4, 0.5) is 10.1 Å². The molecule has 2 amide bonds. The monoisotopic (exact) mass is 356 g/mol. The molecule has 26 heavy (non-hydrogen) atoms. The predicted octanol–water partition coefficient (Wildman–Crippen LogP) is 4.33. The second-order valence-corrected chi connectivity index (χ2v) is 6.57. The zero-order chi connectivity index (χ0) is 19.1. The fourth-order valence-corrected chi connectivity index (χ4v) is 2.74. The molecule has 2 aromatic rings. The van der Waals surface area contributed by atoms with Crippen LogP contribution in [0.3, 0.4) is 0 Å². The normalized spacial score (nSPS) is 10.7. The molecule has 1 N–H and O–H groups in total. The highest BCUT2D eigenvalue weighted by atomic mass is 19.1. The van der Waals surface area contributed by atoms with E-state index in [0.29, 0.717) is 11.5 Å². The van der Waals surface area contributed by atoms with Crippen LogP contribution in [0.1, 0.15) is 44.2 Å². The number of halogens is 1. The van der Waals surface area contributed by atoms with E-state index in [1.54, 1.807) is 18.2 Å². The quantitative estimate of drug-likeness (QED) is 0.803. The summed E-state index contributed by atoms with van der Waals surface area (Å²) in [4.78, 5) is 25.6. The molecule has 0 aromatic heterocycles. The lowest BCUT2D eigenvalue weighted by Gasteiger charge is -2.21. The van der Waals surface area contributed by atoms with Gasteiger partial charge in [-0.2, -0.15) is 0 Å². The van der Waals surface area contributed by atoms with E-state index < -0.39 is 0 Å². The minimum absolute atomic E-state index is 0.151. The van der Waals surface area contributed by atoms with Gasteiger partial charge in [0.1, 0.15) is 5.82 Å². The number of rotatable bonds is 7. The van der Waals surface area contributed by atoms with Gasteiger partial charge in [-0.25, -0.2) is 4.39 Å². The fourth-order valence-electron chi connectivity index (χ4n) is 2.74. The second-order valence-electron chi connectivity index (χ2n) is 6.57. The Morgan fingerprint density at radius 1 is 1.08 bits per heavy atom. The maximum absolute atomic E-state index is 13.8. The zero-order valence-electron chi connectivity index (χ0n) is 15.5. The predicted molar refractivity (Wildman–Crippen MR) is 101 cm³/mol. The molecule has 0 aliphatic carbocycles. The van der Waals surface area contributed by atoms with Gasteiger partial charge in [0, 0.05) is 37.7 Å². The van der Waals surface area contributed by atoms with Crippen molar-refractivity contribution in [3.8, 4) is 0 Å². The fraction of sp³-hybridized carbons (Fsp3) is 0.333. The molecule has 138 valence electrons. The number of carbonyl (C=O) groups is 2. The van der Waals surface area contributed by atoms with E-state index in [9.17, 15) is 14.0 Å². The lowest BCUT2D eigenvalue weighted by Crippen LogP contribution is -2.32. The van der Waals surface area contributed by atoms with Crippen molar-refractivity contribution in [2.75, 3.05) is 11.9 Å². The molecule has 0 saturated heterocycles. The van der Waals surface area contributed by atoms with Crippen LogP contribution in [0.2, 0.25) is 0 Å². The number of hydrogen-bond donors (Lipinski definition) is 1. The van der Waals surface area contributed by atoms with Crippen LogP contribution < -0.4 is 5.32 Å². The van der Waals surface area contributed by atoms with Crippen molar-refractivity contribution < 1.29 is 14.0 Å². The second kappa shape index (κ2) is 9.13. The summed E-state index contributed by atoms with van der Waals surface area (Å²) in [6.45, 7) is 5.94. The molecule has 0 heterocycles. The summed E-state index contributed by atoms with van der Waals surface area (Å²) in [7, 11) is 0. The molecular weight excluding hydrogens is 331 g/mol. The van der Waals surface area contributed by atoms with Gasteiger partial charge in [0.05, 0.1) is 0 Å². The van der Waals surface area contributed by atoms with Gasteiger partial charge in [-0.3, -0.25) is 9.59 Å². The third-order valence-electron chi connectivity index (χ3n) is 4.23. The number of amides is 2. The molecule has 0 spiro atoms. The van der Waals surface area contributed by atoms with Gasteiger partial charge < -0.3 is 10.2 Å². The van der Waals surface area contributed by atoms with Crippen molar-refractivity contribution >= 4 is 17.5 Å². The number of para-hydroxylation sites is 1. The van der Waals surface area contributed by atoms with Gasteiger partial charge in [0.25, 0.3) is 0 Å². The summed E-state index contributed by atoms with van der Waals surface area (Å²) in [5.41, 5.74) is 2.29. The van der Waals surface area contributed by atoms with Crippen molar-refractivity contribution in [3.05, 3.63) is 65.5 Å². The first-order valence-corrected chi connectivity index (χ1v) is 8.76. The smallest absolute Gasteiger partial charge is 0.226 e. The standard InChI is InChI=1S/C21H25FN2O2/c1-15(2)18-9-5-7-11-20(18)23-21(26)12-13-24(16(3)25)14-17-8-4-6-10-19(17)22/h4-11,15H,12-14H2,1-3H3,(H,23,26). The van der Waals surface area contributed by atoms with Crippen LogP contribution in [0.25, 0.3) is 0 Å². The van der Waals surface area contributed by atoms with Crippen LogP contribution in [-0.2, 0) is 16.1 Å². The molecular formula is C21H25FN2O2. The molecule has 0 saturated carbocycles. The maximum Gasteiger partial charge on any atom is 0.226 e. The van der Waals surface area contributed by atoms with Gasteiger partial charge in [0.15, 0.2) is 0 Å². The minimum atomic E-state index is -0.353. The van der Waals surface area contributed by atoms with Crippen LogP contribution in [0.15, 0.2) is 48.5 Å². The van der Waals surface area contributed by atoms with Crippen molar-refractivity contribution in [1.82, 2.24) is 4.90 Å². The number of carbonyl (C=O) groups excluding carboxylic acids is 2. The Labute approximate surface area is 154 Å². The molecule has 0 radical (unpaired) electrons. The van der Waals surface area contributed by atoms with E-state index in [4.69, 9.17) is 0 Å². The molecule has 0 atom stereocenters. The number of nitrogens with one attached hydrogen (secondary N) is 1. The Bertz CT molecular complexity index is 774. The summed E-state index contributed by atoms with van der Waals surface area (Å²) < 4.78 is 13.8. The highest BCUT2D eigenvalue weighted by molar-refractivity contribution is 5.92. The first-order valence-electron chi connectivity index (χ1n) is 8.76. The van der Waals surface area contributed by atoms with Gasteiger partial charge >= 0.3 is 0 Å². The lowest BCUT2D eigenvalue weighted by atomic mass is 10.0. The molecule has 0 fully saturated rings. The van der Waals surface area contributed by atoms with Crippen LogP contribution in [-0.4, -0.2) is 23.3 Å². The number of hydrogen-bond acceptors (Lipinski definition) is 2. The molecule has 0 aliphatic rings. The van der Waals surface area contributed by atoms with Crippen molar-refractivity contribution in [2.45, 2.75) is 39.7 Å². The van der Waals surface area contributed by atoms with E-state index in [1.807, 2.05) is 24.3 Å². The maximum atomic E-state index is 13.8. The number of benzene rings is 2. The van der Waals surface area contributed by atoms with Crippen LogP contribution in [0.5, 0.6) is 0 Å². The first-order chi connectivity index (χ1) is 12.4. The van der Waals surface area contributed by atoms with Gasteiger partial charge in [-0.05, 0) is 23.6 Å². The summed E-state index contributed by atoms with van der Waals surface area (Å²) in [5, 5.41) is 2.91. The third kappa shape index (κ3) is 5.41. The third-order valence-corrected chi connectivity index (χ3v) is 4.23. The molecule has 2 rings (SSSR count). The van der Waals surface area contributed by atoms with E-state index in [2.05, 4.69) is 19.2 Å². The Hall–Kier alpha value is -2.69. The van der Waals surface area contributed by atoms with Crippen LogP contribution in [0, 0.1) is 5.82 Å². The average molecular weight is 356 g/mol. The van der Waals surface area contributed by atoms with E-state index in [-0.39, 0.29) is 37.1 Å². The number of nitrogens with zero attached hydrogens (tertiary/aromatic N) is 1. The SMILES string of the molecule is CC(=O)N(CCC(=O)Nc1ccccc1C(C)C)Cc1ccccc1F. The van der Waals surface area contributed by atoms with E-state index in [1.165, 1.54) is 17.9 Å². The molecule has 0 aliphatic heterocycles. The highest BCUT2D eigenvalue weighted by Gasteiger charge is 2.15. The van der Waals surface area contributed by atoms with Crippen molar-refractivity contribution in [2.24, 2.45) is 0 Å². The van der Waals surface area contributed by atoms with E-state index in [0.717, 1.165) is 11.3 Å². The molecule has 0 unspecified atom stereocenters. The number of anilines is 1. The summed E-state index contributed by atoms with van der Waals surface area (Å²) in [6, 6.07) is 14.0. The first kappa shape index (κ1) is 19.6. The zero-order valence-corrected chi connectivity index (χ0v) is 15.5. The van der Waals surface area contributed by atoms with Crippen molar-refractivity contribution in [3.63, 3.8) is 0 Å². The lowest BCUT2D eigenvalue weighted by molar-refractivity contribution is -0.130. The van der Waals surface area contributed by atoms with Crippen LogP contribution >= 0.6 is 0 Å². The summed E-state index contributed by atoms with van der Waals surface area (Å²) >= 11 is 0. The van der Waals surface area contributed by atoms with Crippen molar-refractivity contribution in [1.29, 1.82) is 0 Å². The molecule has 4 nitrogen and oxygen atoms in total. The molecule has 5 heteroatoms. The summed E-state index contributed by atoms with van der Waals surface area (Å²) in [5.74, 6) is -0.420. The average Bonchev–Trinajstić information content (AvgIpc) is 2.60. The Kier molecular flexibility index (Phi) is 6.89. The van der Waals surface area contributed by atoms with E-state index >= 15 is 0 Å². The Morgan fingerprint density at radius 2 is 1.73 bits per heavy atom. The largest absolute Gasteiger partial charge is 0.338 e.